The molecule has 2 aromatic rings. The average Bonchev–Trinajstić information content (AvgIpc) is 2.85. The fraction of sp³-hybridized carbons (Fsp3) is 0.485. The quantitative estimate of drug-likeness (QED) is 0.248. The van der Waals surface area contributed by atoms with Crippen LogP contribution in [0.3, 0.4) is 0 Å². The van der Waals surface area contributed by atoms with E-state index in [1.54, 1.807) is 0 Å². The molecule has 2 nitrogen and oxygen atoms in total. The molecule has 1 aliphatic rings. The highest BCUT2D eigenvalue weighted by Crippen LogP contribution is 2.45. The fourth-order valence-corrected chi connectivity index (χ4v) is 11.1. The molecule has 4 atom stereocenters. The minimum absolute atomic E-state index is 0.0364. The number of benzene rings is 2. The van der Waals surface area contributed by atoms with Crippen molar-refractivity contribution in [1.29, 1.82) is 5.26 Å². The number of rotatable bonds is 10. The molecule has 0 amide bonds. The molecule has 36 heavy (non-hydrogen) atoms. The SMILES string of the molecule is C=CC[C@H](C[C@H]1C(C)=CC[C@H](C(C)C)[C@H]1CC#N)O[Si](c1ccccc1)(c1ccccc1)C(C)(C)C. The summed E-state index contributed by atoms with van der Waals surface area (Å²) < 4.78 is 7.55. The molecule has 2 aromatic carbocycles. The van der Waals surface area contributed by atoms with Crippen molar-refractivity contribution in [2.45, 2.75) is 78.4 Å². The summed E-state index contributed by atoms with van der Waals surface area (Å²) in [5.74, 6) is 1.82. The Bertz CT molecular complexity index is 1010. The molecule has 0 N–H and O–H groups in total. The van der Waals surface area contributed by atoms with Gasteiger partial charge in [0, 0.05) is 12.5 Å². The van der Waals surface area contributed by atoms with Gasteiger partial charge < -0.3 is 4.43 Å². The molecule has 1 aliphatic carbocycles. The van der Waals surface area contributed by atoms with Crippen molar-refractivity contribution in [2.75, 3.05) is 0 Å². The molecule has 0 unspecified atom stereocenters. The second kappa shape index (κ2) is 12.2. The van der Waals surface area contributed by atoms with Crippen molar-refractivity contribution < 1.29 is 4.43 Å². The van der Waals surface area contributed by atoms with E-state index >= 15 is 0 Å². The van der Waals surface area contributed by atoms with Gasteiger partial charge in [-0.05, 0) is 65.3 Å². The summed E-state index contributed by atoms with van der Waals surface area (Å²) in [7, 11) is -2.67. The third kappa shape index (κ3) is 5.93. The second-order valence-corrected chi connectivity index (χ2v) is 16.1. The molecule has 0 saturated carbocycles. The third-order valence-corrected chi connectivity index (χ3v) is 13.3. The minimum atomic E-state index is -2.67. The van der Waals surface area contributed by atoms with Gasteiger partial charge >= 0.3 is 0 Å². The predicted octanol–water partition coefficient (Wildman–Crippen LogP) is 7.67. The molecule has 192 valence electrons. The first-order chi connectivity index (χ1) is 17.2. The number of allylic oxidation sites excluding steroid dienone is 2. The Balaban J connectivity index is 2.09. The maximum Gasteiger partial charge on any atom is 0.261 e. The maximum atomic E-state index is 9.74. The van der Waals surface area contributed by atoms with E-state index in [2.05, 4.69) is 121 Å². The van der Waals surface area contributed by atoms with Crippen molar-refractivity contribution in [2.24, 2.45) is 23.7 Å². The summed E-state index contributed by atoms with van der Waals surface area (Å²) in [5.41, 5.74) is 1.42. The molecule has 0 spiro atoms. The van der Waals surface area contributed by atoms with Crippen LogP contribution in [0.4, 0.5) is 0 Å². The summed E-state index contributed by atoms with van der Waals surface area (Å²) in [5, 5.41) is 12.3. The van der Waals surface area contributed by atoms with Gasteiger partial charge in [-0.1, -0.05) is 113 Å². The van der Waals surface area contributed by atoms with Gasteiger partial charge in [-0.3, -0.25) is 0 Å². The van der Waals surface area contributed by atoms with Crippen molar-refractivity contribution in [3.05, 3.63) is 85.0 Å². The van der Waals surface area contributed by atoms with Crippen LogP contribution in [-0.2, 0) is 4.43 Å². The van der Waals surface area contributed by atoms with Crippen molar-refractivity contribution in [3.8, 4) is 6.07 Å². The van der Waals surface area contributed by atoms with Crippen LogP contribution in [0.25, 0.3) is 0 Å². The van der Waals surface area contributed by atoms with Crippen LogP contribution in [-0.4, -0.2) is 14.4 Å². The van der Waals surface area contributed by atoms with Crippen LogP contribution in [0, 0.1) is 35.0 Å². The largest absolute Gasteiger partial charge is 0.404 e. The first-order valence-electron chi connectivity index (χ1n) is 13.6. The number of nitrogens with zero attached hydrogens (tertiary/aromatic N) is 1. The maximum absolute atomic E-state index is 9.74. The van der Waals surface area contributed by atoms with E-state index in [0.29, 0.717) is 30.1 Å². The molecule has 3 rings (SSSR count). The van der Waals surface area contributed by atoms with Crippen molar-refractivity contribution >= 4 is 18.7 Å². The molecule has 0 heterocycles. The van der Waals surface area contributed by atoms with Gasteiger partial charge in [0.1, 0.15) is 0 Å². The zero-order chi connectivity index (χ0) is 26.3. The van der Waals surface area contributed by atoms with Gasteiger partial charge in [0.15, 0.2) is 0 Å². The Morgan fingerprint density at radius 1 is 1.06 bits per heavy atom. The van der Waals surface area contributed by atoms with E-state index in [1.165, 1.54) is 15.9 Å². The van der Waals surface area contributed by atoms with E-state index in [-0.39, 0.29) is 11.1 Å². The molecule has 0 radical (unpaired) electrons. The molecule has 0 aliphatic heterocycles. The van der Waals surface area contributed by atoms with E-state index in [9.17, 15) is 5.26 Å². The van der Waals surface area contributed by atoms with Crippen molar-refractivity contribution in [3.63, 3.8) is 0 Å². The standard InChI is InChI=1S/C33H45NOSi/c1-8-15-27(24-32-26(4)20-21-30(25(2)3)31(32)22-23-34)35-36(33(5,6)7,28-16-11-9-12-17-28)29-18-13-10-14-19-29/h8-14,16-20,25,27,30-32H,1,15,21-22,24H2,2-7H3/t27-,30-,31-,32+/m1/s1. The van der Waals surface area contributed by atoms with E-state index in [4.69, 9.17) is 4.43 Å². The lowest BCUT2D eigenvalue weighted by atomic mass is 9.65. The Labute approximate surface area is 221 Å². The minimum Gasteiger partial charge on any atom is -0.404 e. The molecule has 0 aromatic heterocycles. The highest BCUT2D eigenvalue weighted by Gasteiger charge is 2.51. The van der Waals surface area contributed by atoms with Crippen LogP contribution in [0.2, 0.25) is 5.04 Å². The Hall–Kier alpha value is -2.41. The monoisotopic (exact) mass is 499 g/mol. The highest BCUT2D eigenvalue weighted by atomic mass is 28.4. The molecule has 3 heteroatoms. The fourth-order valence-electron chi connectivity index (χ4n) is 6.41. The lowest BCUT2D eigenvalue weighted by molar-refractivity contribution is 0.114. The van der Waals surface area contributed by atoms with E-state index < -0.39 is 8.32 Å². The summed E-state index contributed by atoms with van der Waals surface area (Å²) in [6.45, 7) is 18.0. The zero-order valence-electron chi connectivity index (χ0n) is 23.2. The first-order valence-corrected chi connectivity index (χ1v) is 15.5. The van der Waals surface area contributed by atoms with Gasteiger partial charge in [0.05, 0.1) is 6.07 Å². The smallest absolute Gasteiger partial charge is 0.261 e. The van der Waals surface area contributed by atoms with Gasteiger partial charge in [-0.15, -0.1) is 6.58 Å². The highest BCUT2D eigenvalue weighted by molar-refractivity contribution is 6.99. The molecule has 0 fully saturated rings. The molecule has 0 bridgehead atoms. The van der Waals surface area contributed by atoms with Gasteiger partial charge in [0.25, 0.3) is 8.32 Å². The van der Waals surface area contributed by atoms with Crippen LogP contribution < -0.4 is 10.4 Å². The summed E-state index contributed by atoms with van der Waals surface area (Å²) in [4.78, 5) is 0. The third-order valence-electron chi connectivity index (χ3n) is 8.25. The van der Waals surface area contributed by atoms with Gasteiger partial charge in [0.2, 0.25) is 0 Å². The normalized spacial score (nSPS) is 21.5. The second-order valence-electron chi connectivity index (χ2n) is 11.9. The van der Waals surface area contributed by atoms with Crippen LogP contribution >= 0.6 is 0 Å². The van der Waals surface area contributed by atoms with Crippen LogP contribution in [0.1, 0.15) is 67.2 Å². The van der Waals surface area contributed by atoms with Crippen molar-refractivity contribution in [1.82, 2.24) is 0 Å². The predicted molar refractivity (Wildman–Crippen MR) is 156 cm³/mol. The summed E-state index contributed by atoms with van der Waals surface area (Å²) in [6, 6.07) is 24.3. The summed E-state index contributed by atoms with van der Waals surface area (Å²) in [6.07, 6.45) is 7.90. The Morgan fingerprint density at radius 2 is 1.61 bits per heavy atom. The molecule has 0 saturated heterocycles. The molecular formula is C33H45NOSi. The topological polar surface area (TPSA) is 33.0 Å². The van der Waals surface area contributed by atoms with Gasteiger partial charge in [-0.2, -0.15) is 5.26 Å². The molecular weight excluding hydrogens is 454 g/mol. The number of nitriles is 1. The van der Waals surface area contributed by atoms with Crippen LogP contribution in [0.15, 0.2) is 85.0 Å². The first kappa shape index (κ1) is 28.2. The summed E-state index contributed by atoms with van der Waals surface area (Å²) >= 11 is 0. The van der Waals surface area contributed by atoms with E-state index in [0.717, 1.165) is 19.3 Å². The average molecular weight is 500 g/mol. The number of hydrogen-bond donors (Lipinski definition) is 0. The Kier molecular flexibility index (Phi) is 9.56. The Morgan fingerprint density at radius 3 is 2.06 bits per heavy atom. The lowest BCUT2D eigenvalue weighted by Gasteiger charge is -2.46. The number of hydrogen-bond acceptors (Lipinski definition) is 2. The lowest BCUT2D eigenvalue weighted by Crippen LogP contribution is -2.67. The van der Waals surface area contributed by atoms with Gasteiger partial charge in [-0.25, -0.2) is 0 Å². The zero-order valence-corrected chi connectivity index (χ0v) is 24.2. The van der Waals surface area contributed by atoms with Crippen LogP contribution in [0.5, 0.6) is 0 Å². The van der Waals surface area contributed by atoms with E-state index in [1.807, 2.05) is 6.08 Å².